The van der Waals surface area contributed by atoms with E-state index in [4.69, 9.17) is 5.11 Å². The normalized spacial score (nSPS) is 9.33. The zero-order valence-electron chi connectivity index (χ0n) is 4.75. The van der Waals surface area contributed by atoms with Crippen molar-refractivity contribution in [3.8, 4) is 0 Å². The molecule has 0 fully saturated rings. The van der Waals surface area contributed by atoms with Crippen LogP contribution in [0, 0.1) is 0 Å². The van der Waals surface area contributed by atoms with Gasteiger partial charge in [0.25, 0.3) is 0 Å². The maximum Gasteiger partial charge on any atom is 0.373 e. The van der Waals surface area contributed by atoms with Gasteiger partial charge in [0.15, 0.2) is 7.85 Å². The number of carboxylic acid groups (broad SMARTS) is 1. The van der Waals surface area contributed by atoms with Crippen LogP contribution >= 0.6 is 0 Å². The molecule has 1 aromatic rings. The lowest BCUT2D eigenvalue weighted by molar-refractivity contribution is 0.0684. The first-order chi connectivity index (χ1) is 4.20. The number of nitrogens with one attached hydrogen (secondary N) is 1. The number of nitrogens with zero attached hydrogens (tertiary/aromatic N) is 2. The van der Waals surface area contributed by atoms with Gasteiger partial charge in [-0.2, -0.15) is 0 Å². The van der Waals surface area contributed by atoms with Gasteiger partial charge < -0.3 is 10.1 Å². The number of carbonyl (C=O) groups is 1. The van der Waals surface area contributed by atoms with Crippen molar-refractivity contribution in [2.45, 2.75) is 0 Å². The number of aromatic amines is 1. The highest BCUT2D eigenvalue weighted by atomic mass is 16.4. The van der Waals surface area contributed by atoms with E-state index in [1.165, 1.54) is 0 Å². The molecule has 0 spiro atoms. The van der Waals surface area contributed by atoms with Crippen LogP contribution in [0.4, 0.5) is 0 Å². The molecule has 0 atom stereocenters. The molecule has 5 nitrogen and oxygen atoms in total. The summed E-state index contributed by atoms with van der Waals surface area (Å²) in [7, 11) is 1.64. The Balaban J connectivity index is 2.98. The molecule has 1 heterocycles. The molecule has 9 heavy (non-hydrogen) atoms. The van der Waals surface area contributed by atoms with Gasteiger partial charge in [0.2, 0.25) is 5.82 Å². The van der Waals surface area contributed by atoms with E-state index >= 15 is 0 Å². The standard InChI is InChI=1S/C3H4BN3O2/c4-3-5-1(2(8)9)6-7-3/h4H2,(H,8,9)(H,5,6,7). The van der Waals surface area contributed by atoms with Crippen LogP contribution in [0.25, 0.3) is 0 Å². The van der Waals surface area contributed by atoms with Crippen LogP contribution in [-0.4, -0.2) is 34.1 Å². The summed E-state index contributed by atoms with van der Waals surface area (Å²) in [5, 5.41) is 15.0. The summed E-state index contributed by atoms with van der Waals surface area (Å²) >= 11 is 0. The van der Waals surface area contributed by atoms with Crippen molar-refractivity contribution >= 4 is 19.5 Å². The van der Waals surface area contributed by atoms with E-state index in [0.29, 0.717) is 5.72 Å². The minimum absolute atomic E-state index is 0.118. The minimum Gasteiger partial charge on any atom is -0.475 e. The molecule has 1 aromatic heterocycles. The summed E-state index contributed by atoms with van der Waals surface area (Å²) in [6.07, 6.45) is 0. The molecule has 0 aliphatic carbocycles. The second-order valence-electron chi connectivity index (χ2n) is 1.56. The lowest BCUT2D eigenvalue weighted by Crippen LogP contribution is -2.07. The second kappa shape index (κ2) is 1.89. The minimum atomic E-state index is -1.09. The molecule has 0 aromatic carbocycles. The van der Waals surface area contributed by atoms with Gasteiger partial charge in [-0.1, -0.05) is 0 Å². The van der Waals surface area contributed by atoms with Crippen LogP contribution in [0.3, 0.4) is 0 Å². The van der Waals surface area contributed by atoms with Crippen LogP contribution in [0.1, 0.15) is 10.6 Å². The predicted molar refractivity (Wildman–Crippen MR) is 31.5 cm³/mol. The molecule has 0 saturated carbocycles. The molecule has 46 valence electrons. The summed E-state index contributed by atoms with van der Waals surface area (Å²) < 4.78 is 0. The van der Waals surface area contributed by atoms with E-state index in [1.807, 2.05) is 0 Å². The van der Waals surface area contributed by atoms with Crippen LogP contribution in [0.5, 0.6) is 0 Å². The van der Waals surface area contributed by atoms with Crippen molar-refractivity contribution in [3.05, 3.63) is 5.82 Å². The van der Waals surface area contributed by atoms with Crippen molar-refractivity contribution in [2.75, 3.05) is 0 Å². The highest BCUT2D eigenvalue weighted by molar-refractivity contribution is 6.29. The summed E-state index contributed by atoms with van der Waals surface area (Å²) in [4.78, 5) is 12.5. The van der Waals surface area contributed by atoms with Gasteiger partial charge in [0, 0.05) is 0 Å². The Morgan fingerprint density at radius 1 is 1.67 bits per heavy atom. The fourth-order valence-corrected chi connectivity index (χ4v) is 0.443. The first-order valence-electron chi connectivity index (χ1n) is 2.32. The molecule has 0 bridgehead atoms. The molecule has 0 unspecified atom stereocenters. The fourth-order valence-electron chi connectivity index (χ4n) is 0.443. The zero-order valence-corrected chi connectivity index (χ0v) is 4.75. The first kappa shape index (κ1) is 5.81. The molecule has 0 radical (unpaired) electrons. The van der Waals surface area contributed by atoms with Gasteiger partial charge in [-0.05, 0) is 0 Å². The SMILES string of the molecule is Bc1nnc(C(=O)O)[nH]1. The Morgan fingerprint density at radius 2 is 2.33 bits per heavy atom. The molecular formula is C3H4BN3O2. The Kier molecular flexibility index (Phi) is 1.22. The smallest absolute Gasteiger partial charge is 0.373 e. The topological polar surface area (TPSA) is 78.9 Å². The van der Waals surface area contributed by atoms with Crippen LogP contribution in [0.2, 0.25) is 0 Å². The predicted octanol–water partition coefficient (Wildman–Crippen LogP) is -2.24. The molecule has 2 N–H and O–H groups in total. The highest BCUT2D eigenvalue weighted by Gasteiger charge is 2.05. The van der Waals surface area contributed by atoms with E-state index in [0.717, 1.165) is 0 Å². The van der Waals surface area contributed by atoms with Crippen LogP contribution in [-0.2, 0) is 0 Å². The van der Waals surface area contributed by atoms with E-state index in [-0.39, 0.29) is 5.82 Å². The number of aromatic nitrogens is 3. The third kappa shape index (κ3) is 1.07. The summed E-state index contributed by atoms with van der Waals surface area (Å²) in [6.45, 7) is 0. The Labute approximate surface area is 51.5 Å². The molecule has 0 saturated heterocycles. The first-order valence-corrected chi connectivity index (χ1v) is 2.32. The van der Waals surface area contributed by atoms with Crippen molar-refractivity contribution < 1.29 is 9.90 Å². The number of H-pyrrole nitrogens is 1. The van der Waals surface area contributed by atoms with E-state index in [1.54, 1.807) is 7.85 Å². The number of rotatable bonds is 1. The van der Waals surface area contributed by atoms with Crippen molar-refractivity contribution in [1.82, 2.24) is 15.2 Å². The number of aromatic carboxylic acids is 1. The van der Waals surface area contributed by atoms with Gasteiger partial charge >= 0.3 is 5.97 Å². The summed E-state index contributed by atoms with van der Waals surface area (Å²) in [6, 6.07) is 0. The monoisotopic (exact) mass is 125 g/mol. The van der Waals surface area contributed by atoms with Crippen molar-refractivity contribution in [3.63, 3.8) is 0 Å². The fraction of sp³-hybridized carbons (Fsp3) is 0. The number of carboxylic acids is 1. The second-order valence-corrected chi connectivity index (χ2v) is 1.56. The van der Waals surface area contributed by atoms with Crippen LogP contribution in [0.15, 0.2) is 0 Å². The highest BCUT2D eigenvalue weighted by Crippen LogP contribution is 1.79. The zero-order chi connectivity index (χ0) is 6.85. The number of hydrogen-bond acceptors (Lipinski definition) is 3. The van der Waals surface area contributed by atoms with E-state index < -0.39 is 5.97 Å². The number of hydrogen-bond donors (Lipinski definition) is 2. The summed E-state index contributed by atoms with van der Waals surface area (Å²) in [5.41, 5.74) is 0.507. The third-order valence-electron chi connectivity index (χ3n) is 0.802. The van der Waals surface area contributed by atoms with Gasteiger partial charge in [0.1, 0.15) is 0 Å². The Hall–Kier alpha value is -1.33. The molecule has 6 heteroatoms. The summed E-state index contributed by atoms with van der Waals surface area (Å²) in [5.74, 6) is -1.21. The van der Waals surface area contributed by atoms with Gasteiger partial charge in [-0.15, -0.1) is 10.2 Å². The largest absolute Gasteiger partial charge is 0.475 e. The molecular weight excluding hydrogens is 121 g/mol. The van der Waals surface area contributed by atoms with Gasteiger partial charge in [-0.25, -0.2) is 4.79 Å². The van der Waals surface area contributed by atoms with Gasteiger partial charge in [0.05, 0.1) is 5.72 Å². The average molecular weight is 125 g/mol. The van der Waals surface area contributed by atoms with Crippen molar-refractivity contribution in [1.29, 1.82) is 0 Å². The Morgan fingerprint density at radius 3 is 2.56 bits per heavy atom. The molecule has 0 aliphatic heterocycles. The van der Waals surface area contributed by atoms with Gasteiger partial charge in [-0.3, -0.25) is 0 Å². The lowest BCUT2D eigenvalue weighted by Gasteiger charge is -1.78. The molecule has 1 rings (SSSR count). The van der Waals surface area contributed by atoms with E-state index in [2.05, 4.69) is 15.2 Å². The maximum absolute atomic E-state index is 10.1. The Bertz CT molecular complexity index is 233. The lowest BCUT2D eigenvalue weighted by atomic mass is 10.1. The third-order valence-corrected chi connectivity index (χ3v) is 0.802. The quantitative estimate of drug-likeness (QED) is 0.416. The molecule has 0 amide bonds. The van der Waals surface area contributed by atoms with Crippen molar-refractivity contribution in [2.24, 2.45) is 0 Å². The van der Waals surface area contributed by atoms with E-state index in [9.17, 15) is 4.79 Å². The average Bonchev–Trinajstić information content (AvgIpc) is 2.14. The maximum atomic E-state index is 10.1. The molecule has 0 aliphatic rings. The van der Waals surface area contributed by atoms with Crippen LogP contribution < -0.4 is 5.72 Å².